The Bertz CT molecular complexity index is 1040. The molecule has 1 atom stereocenters. The molecule has 0 fully saturated rings. The highest BCUT2D eigenvalue weighted by atomic mass is 35.5. The van der Waals surface area contributed by atoms with Gasteiger partial charge in [-0.15, -0.1) is 11.3 Å². The third kappa shape index (κ3) is 3.96. The van der Waals surface area contributed by atoms with Crippen LogP contribution in [0.4, 0.5) is 0 Å². The number of nitrogens with one attached hydrogen (secondary N) is 1. The lowest BCUT2D eigenvalue weighted by Crippen LogP contribution is -2.29. The molecule has 28 heavy (non-hydrogen) atoms. The number of halogens is 1. The van der Waals surface area contributed by atoms with E-state index in [4.69, 9.17) is 11.6 Å². The Morgan fingerprint density at radius 1 is 0.929 bits per heavy atom. The number of benzene rings is 2. The second-order valence-corrected chi connectivity index (χ2v) is 7.52. The summed E-state index contributed by atoms with van der Waals surface area (Å²) in [6, 6.07) is 22.6. The zero-order chi connectivity index (χ0) is 19.3. The summed E-state index contributed by atoms with van der Waals surface area (Å²) in [4.78, 5) is 22.3. The second kappa shape index (κ2) is 8.33. The summed E-state index contributed by atoms with van der Waals surface area (Å²) < 4.78 is 0. The lowest BCUT2D eigenvalue weighted by atomic mass is 10.0. The SMILES string of the molecule is O=C(NC(c1ccccc1)c1ccccn1)c1cnc(-c2ccccc2Cl)s1. The number of hydrogen-bond acceptors (Lipinski definition) is 4. The van der Waals surface area contributed by atoms with Crippen molar-refractivity contribution in [2.75, 3.05) is 0 Å². The average Bonchev–Trinajstić information content (AvgIpc) is 3.23. The highest BCUT2D eigenvalue weighted by Crippen LogP contribution is 2.31. The number of pyridine rings is 1. The van der Waals surface area contributed by atoms with Gasteiger partial charge in [0.25, 0.3) is 5.91 Å². The standard InChI is InChI=1S/C22H16ClN3OS/c23-17-11-5-4-10-16(17)22-25-14-19(28-22)21(27)26-20(15-8-2-1-3-9-15)18-12-6-7-13-24-18/h1-14,20H,(H,26,27). The van der Waals surface area contributed by atoms with Gasteiger partial charge in [-0.25, -0.2) is 4.98 Å². The van der Waals surface area contributed by atoms with Gasteiger partial charge in [0.2, 0.25) is 0 Å². The molecule has 0 aliphatic carbocycles. The summed E-state index contributed by atoms with van der Waals surface area (Å²) in [5.74, 6) is -0.199. The van der Waals surface area contributed by atoms with E-state index in [0.29, 0.717) is 14.9 Å². The van der Waals surface area contributed by atoms with Gasteiger partial charge in [0.15, 0.2) is 0 Å². The Hall–Kier alpha value is -3.02. The molecular weight excluding hydrogens is 390 g/mol. The molecular formula is C22H16ClN3OS. The van der Waals surface area contributed by atoms with Crippen molar-refractivity contribution < 1.29 is 4.79 Å². The number of thiazole rings is 1. The number of amides is 1. The Kier molecular flexibility index (Phi) is 5.46. The predicted octanol–water partition coefficient (Wildman–Crippen LogP) is 5.38. The first-order valence-corrected chi connectivity index (χ1v) is 9.89. The Morgan fingerprint density at radius 3 is 2.43 bits per heavy atom. The van der Waals surface area contributed by atoms with Gasteiger partial charge in [-0.2, -0.15) is 0 Å². The highest BCUT2D eigenvalue weighted by molar-refractivity contribution is 7.17. The molecule has 1 unspecified atom stereocenters. The maximum Gasteiger partial charge on any atom is 0.263 e. The topological polar surface area (TPSA) is 54.9 Å². The van der Waals surface area contributed by atoms with E-state index in [9.17, 15) is 4.79 Å². The van der Waals surface area contributed by atoms with Crippen molar-refractivity contribution in [3.63, 3.8) is 0 Å². The fraction of sp³-hybridized carbons (Fsp3) is 0.0455. The third-order valence-electron chi connectivity index (χ3n) is 4.23. The van der Waals surface area contributed by atoms with Gasteiger partial charge in [0, 0.05) is 11.8 Å². The Balaban J connectivity index is 1.61. The predicted molar refractivity (Wildman–Crippen MR) is 113 cm³/mol. The van der Waals surface area contributed by atoms with Gasteiger partial charge in [-0.1, -0.05) is 66.2 Å². The molecule has 4 aromatic rings. The van der Waals surface area contributed by atoms with E-state index in [2.05, 4.69) is 15.3 Å². The summed E-state index contributed by atoms with van der Waals surface area (Å²) in [7, 11) is 0. The van der Waals surface area contributed by atoms with Gasteiger partial charge in [-0.05, 0) is 23.8 Å². The van der Waals surface area contributed by atoms with E-state index in [1.165, 1.54) is 11.3 Å². The van der Waals surface area contributed by atoms with Crippen LogP contribution in [0.25, 0.3) is 10.6 Å². The quantitative estimate of drug-likeness (QED) is 0.485. The largest absolute Gasteiger partial charge is 0.339 e. The molecule has 1 N–H and O–H groups in total. The third-order valence-corrected chi connectivity index (χ3v) is 5.58. The number of carbonyl (C=O) groups is 1. The molecule has 0 saturated carbocycles. The molecule has 0 spiro atoms. The molecule has 4 rings (SSSR count). The van der Waals surface area contributed by atoms with Crippen LogP contribution in [0.2, 0.25) is 5.02 Å². The van der Waals surface area contributed by atoms with Crippen molar-refractivity contribution in [3.8, 4) is 10.6 Å². The first kappa shape index (κ1) is 18.3. The first-order valence-electron chi connectivity index (χ1n) is 8.70. The van der Waals surface area contributed by atoms with Crippen molar-refractivity contribution in [1.29, 1.82) is 0 Å². The van der Waals surface area contributed by atoms with Gasteiger partial charge >= 0.3 is 0 Å². The van der Waals surface area contributed by atoms with E-state index in [1.807, 2.05) is 72.8 Å². The first-order chi connectivity index (χ1) is 13.7. The lowest BCUT2D eigenvalue weighted by molar-refractivity contribution is 0.0946. The molecule has 0 radical (unpaired) electrons. The van der Waals surface area contributed by atoms with Crippen molar-refractivity contribution in [2.24, 2.45) is 0 Å². The minimum absolute atomic E-state index is 0.199. The summed E-state index contributed by atoms with van der Waals surface area (Å²) in [5, 5.41) is 4.40. The van der Waals surface area contributed by atoms with Gasteiger partial charge < -0.3 is 5.32 Å². The van der Waals surface area contributed by atoms with Crippen molar-refractivity contribution in [2.45, 2.75) is 6.04 Å². The van der Waals surface area contributed by atoms with E-state index in [0.717, 1.165) is 16.8 Å². The highest BCUT2D eigenvalue weighted by Gasteiger charge is 2.20. The summed E-state index contributed by atoms with van der Waals surface area (Å²) in [6.07, 6.45) is 3.30. The summed E-state index contributed by atoms with van der Waals surface area (Å²) in [5.41, 5.74) is 2.56. The van der Waals surface area contributed by atoms with E-state index < -0.39 is 0 Å². The molecule has 2 aromatic heterocycles. The maximum absolute atomic E-state index is 12.9. The van der Waals surface area contributed by atoms with Gasteiger partial charge in [0.05, 0.1) is 23.0 Å². The average molecular weight is 406 g/mol. The summed E-state index contributed by atoms with van der Waals surface area (Å²) in [6.45, 7) is 0. The van der Waals surface area contributed by atoms with Crippen LogP contribution in [-0.4, -0.2) is 15.9 Å². The number of carbonyl (C=O) groups excluding carboxylic acids is 1. The van der Waals surface area contributed by atoms with Crippen LogP contribution in [0.3, 0.4) is 0 Å². The van der Waals surface area contributed by atoms with Crippen molar-refractivity contribution in [3.05, 3.63) is 106 Å². The minimum atomic E-state index is -0.347. The fourth-order valence-electron chi connectivity index (χ4n) is 2.86. The number of rotatable bonds is 5. The molecule has 0 aliphatic rings. The molecule has 0 aliphatic heterocycles. The normalized spacial score (nSPS) is 11.8. The van der Waals surface area contributed by atoms with Crippen LogP contribution in [0.5, 0.6) is 0 Å². The van der Waals surface area contributed by atoms with E-state index in [1.54, 1.807) is 12.4 Å². The smallest absolute Gasteiger partial charge is 0.263 e. The van der Waals surface area contributed by atoms with Crippen molar-refractivity contribution >= 4 is 28.8 Å². The molecule has 1 amide bonds. The monoisotopic (exact) mass is 405 g/mol. The molecule has 0 saturated heterocycles. The van der Waals surface area contributed by atoms with Gasteiger partial charge in [-0.3, -0.25) is 9.78 Å². The van der Waals surface area contributed by atoms with Crippen LogP contribution in [0.1, 0.15) is 27.0 Å². The van der Waals surface area contributed by atoms with E-state index in [-0.39, 0.29) is 11.9 Å². The minimum Gasteiger partial charge on any atom is -0.339 e. The number of nitrogens with zero attached hydrogens (tertiary/aromatic N) is 2. The number of aromatic nitrogens is 2. The van der Waals surface area contributed by atoms with Crippen LogP contribution >= 0.6 is 22.9 Å². The lowest BCUT2D eigenvalue weighted by Gasteiger charge is -2.18. The summed E-state index contributed by atoms with van der Waals surface area (Å²) >= 11 is 7.56. The van der Waals surface area contributed by atoms with Crippen LogP contribution in [0.15, 0.2) is 85.2 Å². The maximum atomic E-state index is 12.9. The molecule has 4 nitrogen and oxygen atoms in total. The molecule has 6 heteroatoms. The molecule has 0 bridgehead atoms. The second-order valence-electron chi connectivity index (χ2n) is 6.08. The zero-order valence-electron chi connectivity index (χ0n) is 14.7. The molecule has 138 valence electrons. The van der Waals surface area contributed by atoms with Crippen LogP contribution in [0, 0.1) is 0 Å². The Labute approximate surface area is 171 Å². The Morgan fingerprint density at radius 2 is 1.68 bits per heavy atom. The van der Waals surface area contributed by atoms with Crippen LogP contribution < -0.4 is 5.32 Å². The van der Waals surface area contributed by atoms with Gasteiger partial charge in [0.1, 0.15) is 9.88 Å². The molecule has 2 heterocycles. The zero-order valence-corrected chi connectivity index (χ0v) is 16.3. The van der Waals surface area contributed by atoms with E-state index >= 15 is 0 Å². The van der Waals surface area contributed by atoms with Crippen molar-refractivity contribution in [1.82, 2.24) is 15.3 Å². The number of hydrogen-bond donors (Lipinski definition) is 1. The fourth-order valence-corrected chi connectivity index (χ4v) is 4.00. The molecule has 2 aromatic carbocycles. The van der Waals surface area contributed by atoms with Crippen LogP contribution in [-0.2, 0) is 0 Å².